The number of hydrogen-bond donors (Lipinski definition) is 1. The Hall–Kier alpha value is -1.09. The van der Waals surface area contributed by atoms with E-state index in [0.29, 0.717) is 17.9 Å². The van der Waals surface area contributed by atoms with Gasteiger partial charge in [0, 0.05) is 11.6 Å². The number of halogens is 1. The van der Waals surface area contributed by atoms with Crippen LogP contribution in [0, 0.1) is 11.7 Å². The molecule has 1 rings (SSSR count). The van der Waals surface area contributed by atoms with Crippen LogP contribution in [0.3, 0.4) is 0 Å². The number of rotatable bonds is 5. The van der Waals surface area contributed by atoms with E-state index in [1.165, 1.54) is 12.1 Å². The molecule has 1 N–H and O–H groups in total. The molecule has 1 unspecified atom stereocenters. The minimum atomic E-state index is -0.618. The average Bonchev–Trinajstić information content (AvgIpc) is 2.25. The molecular weight excluding hydrogens is 207 g/mol. The molecule has 1 atom stereocenters. The first kappa shape index (κ1) is 13.0. The van der Waals surface area contributed by atoms with Crippen molar-refractivity contribution in [3.05, 3.63) is 29.6 Å². The molecule has 1 aromatic carbocycles. The second-order valence-corrected chi connectivity index (χ2v) is 4.22. The topological polar surface area (TPSA) is 29.5 Å². The zero-order valence-corrected chi connectivity index (χ0v) is 10.0. The van der Waals surface area contributed by atoms with Crippen molar-refractivity contribution in [3.8, 4) is 5.75 Å². The van der Waals surface area contributed by atoms with Crippen LogP contribution in [0.5, 0.6) is 5.75 Å². The van der Waals surface area contributed by atoms with Gasteiger partial charge < -0.3 is 9.84 Å². The Morgan fingerprint density at radius 1 is 1.38 bits per heavy atom. The van der Waals surface area contributed by atoms with Crippen LogP contribution in [0.25, 0.3) is 0 Å². The molecule has 3 heteroatoms. The Bertz CT molecular complexity index is 337. The van der Waals surface area contributed by atoms with Crippen LogP contribution in [-0.2, 0) is 0 Å². The second kappa shape index (κ2) is 5.85. The van der Waals surface area contributed by atoms with E-state index in [-0.39, 0.29) is 11.7 Å². The summed E-state index contributed by atoms with van der Waals surface area (Å²) in [5.74, 6) is 0.184. The van der Waals surface area contributed by atoms with Crippen molar-refractivity contribution in [1.82, 2.24) is 0 Å². The highest BCUT2D eigenvalue weighted by Crippen LogP contribution is 2.30. The summed E-state index contributed by atoms with van der Waals surface area (Å²) in [4.78, 5) is 0. The summed E-state index contributed by atoms with van der Waals surface area (Å²) in [5.41, 5.74) is 0.657. The molecule has 0 aliphatic carbocycles. The smallest absolute Gasteiger partial charge is 0.128 e. The van der Waals surface area contributed by atoms with Crippen molar-refractivity contribution in [2.75, 3.05) is 6.61 Å². The van der Waals surface area contributed by atoms with Crippen LogP contribution in [-0.4, -0.2) is 11.7 Å². The van der Waals surface area contributed by atoms with E-state index < -0.39 is 6.10 Å². The Balaban J connectivity index is 2.97. The first-order valence-electron chi connectivity index (χ1n) is 5.66. The number of ether oxygens (including phenoxy) is 1. The minimum absolute atomic E-state index is 0.0782. The van der Waals surface area contributed by atoms with E-state index in [0.717, 1.165) is 6.42 Å². The van der Waals surface area contributed by atoms with Gasteiger partial charge in [0.1, 0.15) is 11.6 Å². The molecule has 0 amide bonds. The molecule has 90 valence electrons. The molecule has 0 aliphatic heterocycles. The molecule has 1 aromatic rings. The first-order chi connectivity index (χ1) is 7.56. The van der Waals surface area contributed by atoms with Crippen molar-refractivity contribution in [3.63, 3.8) is 0 Å². The van der Waals surface area contributed by atoms with Gasteiger partial charge in [0.05, 0.1) is 12.7 Å². The third-order valence-corrected chi connectivity index (χ3v) is 2.39. The maximum Gasteiger partial charge on any atom is 0.128 e. The lowest BCUT2D eigenvalue weighted by molar-refractivity contribution is 0.122. The van der Waals surface area contributed by atoms with Crippen LogP contribution >= 0.6 is 0 Å². The fourth-order valence-electron chi connectivity index (χ4n) is 1.45. The summed E-state index contributed by atoms with van der Waals surface area (Å²) >= 11 is 0. The van der Waals surface area contributed by atoms with Crippen LogP contribution in [0.1, 0.15) is 38.9 Å². The molecule has 16 heavy (non-hydrogen) atoms. The first-order valence-corrected chi connectivity index (χ1v) is 5.66. The lowest BCUT2D eigenvalue weighted by atomic mass is 9.98. The van der Waals surface area contributed by atoms with Gasteiger partial charge in [-0.3, -0.25) is 0 Å². The normalized spacial score (nSPS) is 12.9. The van der Waals surface area contributed by atoms with Gasteiger partial charge in [0.15, 0.2) is 0 Å². The third kappa shape index (κ3) is 3.20. The highest BCUT2D eigenvalue weighted by molar-refractivity contribution is 5.36. The fourth-order valence-corrected chi connectivity index (χ4v) is 1.45. The maximum atomic E-state index is 13.1. The maximum absolute atomic E-state index is 13.1. The van der Waals surface area contributed by atoms with E-state index in [2.05, 4.69) is 0 Å². The van der Waals surface area contributed by atoms with Gasteiger partial charge in [-0.1, -0.05) is 20.8 Å². The zero-order chi connectivity index (χ0) is 12.1. The van der Waals surface area contributed by atoms with E-state index >= 15 is 0 Å². The number of benzene rings is 1. The lowest BCUT2D eigenvalue weighted by Crippen LogP contribution is -2.09. The molecule has 0 fully saturated rings. The molecule has 0 saturated heterocycles. The largest absolute Gasteiger partial charge is 0.493 e. The standard InChI is InChI=1S/C13H19FO2/c1-4-7-16-12-8-10(14)5-6-11(12)13(15)9(2)3/h5-6,8-9,13,15H,4,7H2,1-3H3. The average molecular weight is 226 g/mol. The highest BCUT2D eigenvalue weighted by Gasteiger charge is 2.17. The van der Waals surface area contributed by atoms with Crippen LogP contribution in [0.4, 0.5) is 4.39 Å². The lowest BCUT2D eigenvalue weighted by Gasteiger charge is -2.18. The Morgan fingerprint density at radius 3 is 2.62 bits per heavy atom. The molecule has 0 heterocycles. The van der Waals surface area contributed by atoms with Crippen molar-refractivity contribution in [2.24, 2.45) is 5.92 Å². The van der Waals surface area contributed by atoms with E-state index in [1.807, 2.05) is 20.8 Å². The highest BCUT2D eigenvalue weighted by atomic mass is 19.1. The van der Waals surface area contributed by atoms with Gasteiger partial charge in [-0.05, 0) is 24.5 Å². The van der Waals surface area contributed by atoms with E-state index in [9.17, 15) is 9.50 Å². The minimum Gasteiger partial charge on any atom is -0.493 e. The fraction of sp³-hybridized carbons (Fsp3) is 0.538. The second-order valence-electron chi connectivity index (χ2n) is 4.22. The van der Waals surface area contributed by atoms with Crippen LogP contribution < -0.4 is 4.74 Å². The predicted molar refractivity (Wildman–Crippen MR) is 62.0 cm³/mol. The summed E-state index contributed by atoms with van der Waals surface area (Å²) in [6.45, 7) is 6.34. The van der Waals surface area contributed by atoms with Crippen molar-refractivity contribution in [1.29, 1.82) is 0 Å². The molecule has 0 saturated carbocycles. The van der Waals surface area contributed by atoms with Crippen molar-refractivity contribution < 1.29 is 14.2 Å². The summed E-state index contributed by atoms with van der Waals surface area (Å²) in [6, 6.07) is 4.27. The van der Waals surface area contributed by atoms with Gasteiger partial charge in [-0.25, -0.2) is 4.39 Å². The van der Waals surface area contributed by atoms with Crippen molar-refractivity contribution >= 4 is 0 Å². The molecule has 0 spiro atoms. The quantitative estimate of drug-likeness (QED) is 0.834. The number of aliphatic hydroxyl groups is 1. The van der Waals surface area contributed by atoms with Gasteiger partial charge in [-0.15, -0.1) is 0 Å². The van der Waals surface area contributed by atoms with Crippen LogP contribution in [0.2, 0.25) is 0 Å². The SMILES string of the molecule is CCCOc1cc(F)ccc1C(O)C(C)C. The van der Waals surface area contributed by atoms with Crippen molar-refractivity contribution in [2.45, 2.75) is 33.3 Å². The Kier molecular flexibility index (Phi) is 4.74. The molecular formula is C13H19FO2. The summed E-state index contributed by atoms with van der Waals surface area (Å²) in [5, 5.41) is 9.97. The van der Waals surface area contributed by atoms with Gasteiger partial charge in [0.2, 0.25) is 0 Å². The van der Waals surface area contributed by atoms with Gasteiger partial charge in [0.25, 0.3) is 0 Å². The van der Waals surface area contributed by atoms with Crippen LogP contribution in [0.15, 0.2) is 18.2 Å². The molecule has 2 nitrogen and oxygen atoms in total. The Labute approximate surface area is 96.1 Å². The van der Waals surface area contributed by atoms with Gasteiger partial charge >= 0.3 is 0 Å². The summed E-state index contributed by atoms with van der Waals surface area (Å²) in [7, 11) is 0. The number of aliphatic hydroxyl groups excluding tert-OH is 1. The monoisotopic (exact) mass is 226 g/mol. The van der Waals surface area contributed by atoms with E-state index in [4.69, 9.17) is 4.74 Å². The number of hydrogen-bond acceptors (Lipinski definition) is 2. The molecule has 0 aliphatic rings. The summed E-state index contributed by atoms with van der Waals surface area (Å²) in [6.07, 6.45) is 0.237. The zero-order valence-electron chi connectivity index (χ0n) is 10.0. The Morgan fingerprint density at radius 2 is 2.06 bits per heavy atom. The molecule has 0 bridgehead atoms. The molecule has 0 aromatic heterocycles. The predicted octanol–water partition coefficient (Wildman–Crippen LogP) is 3.30. The van der Waals surface area contributed by atoms with Gasteiger partial charge in [-0.2, -0.15) is 0 Å². The van der Waals surface area contributed by atoms with E-state index in [1.54, 1.807) is 6.07 Å². The third-order valence-electron chi connectivity index (χ3n) is 2.39. The molecule has 0 radical (unpaired) electrons. The summed E-state index contributed by atoms with van der Waals surface area (Å²) < 4.78 is 18.5.